The summed E-state index contributed by atoms with van der Waals surface area (Å²) in [4.78, 5) is 11.1. The number of carbonyl (C=O) groups excluding carboxylic acids is 1. The molecule has 8 unspecified atom stereocenters. The van der Waals surface area contributed by atoms with Gasteiger partial charge in [0.25, 0.3) is 0 Å². The van der Waals surface area contributed by atoms with E-state index in [1.54, 1.807) is 5.48 Å². The molecule has 4 fully saturated rings. The molecule has 0 aromatic heterocycles. The molecule has 0 saturated heterocycles. The summed E-state index contributed by atoms with van der Waals surface area (Å²) in [6, 6.07) is 0. The van der Waals surface area contributed by atoms with E-state index >= 15 is 0 Å². The third-order valence-corrected chi connectivity index (χ3v) is 10.8. The highest BCUT2D eigenvalue weighted by atomic mass is 16.5. The number of carbonyl (C=O) groups is 1. The van der Waals surface area contributed by atoms with Gasteiger partial charge in [-0.05, 0) is 104 Å². The maximum Gasteiger partial charge on any atom is 0.244 e. The first-order valence-electron chi connectivity index (χ1n) is 13.1. The third-order valence-electron chi connectivity index (χ3n) is 10.8. The molecule has 0 bridgehead atoms. The van der Waals surface area contributed by atoms with Gasteiger partial charge in [0.1, 0.15) is 0 Å². The van der Waals surface area contributed by atoms with E-state index in [1.165, 1.54) is 51.4 Å². The Kier molecular flexibility index (Phi) is 7.06. The van der Waals surface area contributed by atoms with Crippen LogP contribution in [0.5, 0.6) is 0 Å². The van der Waals surface area contributed by atoms with Gasteiger partial charge in [0, 0.05) is 13.0 Å². The van der Waals surface area contributed by atoms with Crippen molar-refractivity contribution in [3.05, 3.63) is 0 Å². The van der Waals surface area contributed by atoms with Crippen LogP contribution in [0.25, 0.3) is 0 Å². The van der Waals surface area contributed by atoms with Gasteiger partial charge in [-0.1, -0.05) is 33.6 Å². The summed E-state index contributed by atoms with van der Waals surface area (Å²) in [5.74, 6) is 3.75. The molecule has 4 aliphatic rings. The number of aliphatic hydroxyl groups excluding tert-OH is 1. The second kappa shape index (κ2) is 9.30. The van der Waals surface area contributed by atoms with Crippen LogP contribution in [0.4, 0.5) is 0 Å². The number of amides is 1. The highest BCUT2D eigenvalue weighted by molar-refractivity contribution is 5.74. The summed E-state index contributed by atoms with van der Waals surface area (Å²) < 4.78 is 0. The van der Waals surface area contributed by atoms with E-state index in [-0.39, 0.29) is 12.0 Å². The third kappa shape index (κ3) is 4.19. The fourth-order valence-corrected chi connectivity index (χ4v) is 9.14. The highest BCUT2D eigenvalue weighted by Crippen LogP contribution is 2.68. The lowest BCUT2D eigenvalue weighted by molar-refractivity contribution is -0.164. The van der Waals surface area contributed by atoms with Gasteiger partial charge in [0.15, 0.2) is 0 Å². The number of rotatable bonds is 7. The van der Waals surface area contributed by atoms with E-state index in [0.717, 1.165) is 37.1 Å². The number of aliphatic hydroxyl groups is 1. The molecule has 0 aliphatic heterocycles. The minimum absolute atomic E-state index is 0.0841. The number of fused-ring (bicyclic) bond motifs is 5. The number of hydroxylamine groups is 1. The van der Waals surface area contributed by atoms with Crippen LogP contribution >= 0.6 is 0 Å². The van der Waals surface area contributed by atoms with Crippen molar-refractivity contribution >= 4 is 5.91 Å². The Balaban J connectivity index is 1.39. The molecule has 5 nitrogen and oxygen atoms in total. The first-order chi connectivity index (χ1) is 14.8. The van der Waals surface area contributed by atoms with E-state index in [1.807, 2.05) is 0 Å². The van der Waals surface area contributed by atoms with E-state index in [4.69, 9.17) is 5.21 Å². The molecule has 0 heterocycles. The fraction of sp³-hybridized carbons (Fsp3) is 0.962. The molecule has 0 aromatic rings. The molecular weight excluding hydrogens is 388 g/mol. The Morgan fingerprint density at radius 3 is 2.58 bits per heavy atom. The van der Waals surface area contributed by atoms with Crippen molar-refractivity contribution in [3.63, 3.8) is 0 Å². The summed E-state index contributed by atoms with van der Waals surface area (Å²) in [6.45, 7) is 9.09. The molecule has 0 spiro atoms. The predicted molar refractivity (Wildman–Crippen MR) is 122 cm³/mol. The van der Waals surface area contributed by atoms with E-state index in [9.17, 15) is 9.90 Å². The number of hydrogen-bond donors (Lipinski definition) is 4. The Morgan fingerprint density at radius 1 is 1.03 bits per heavy atom. The van der Waals surface area contributed by atoms with Crippen LogP contribution in [0.3, 0.4) is 0 Å². The lowest BCUT2D eigenvalue weighted by atomic mass is 9.44. The average molecular weight is 435 g/mol. The topological polar surface area (TPSA) is 81.6 Å². The molecule has 4 aliphatic carbocycles. The molecule has 178 valence electrons. The maximum atomic E-state index is 11.3. The standard InChI is InChI=1S/C26H46N2O3/c1-17(10-14-27-15-11-23(30)28-31)19-7-8-20-24-21(9-13-26(19,20)3)25(2)12-5-4-6-18(25)16-22(24)29/h17-22,24,27,29,31H,4-16H2,1-3H3,(H,28,30)/t17-,18?,19?,20?,21?,22?,24?,25?,26?/m1/s1. The van der Waals surface area contributed by atoms with Crippen molar-refractivity contribution in [3.8, 4) is 0 Å². The highest BCUT2D eigenvalue weighted by Gasteiger charge is 2.62. The SMILES string of the molecule is C[C@H](CCNCCC(=O)NO)C1CCC2C3C(O)CC4CCCCC4(C)C3CCC21C. The van der Waals surface area contributed by atoms with Gasteiger partial charge in [-0.25, -0.2) is 5.48 Å². The Bertz CT molecular complexity index is 642. The number of nitrogens with one attached hydrogen (secondary N) is 2. The molecule has 9 atom stereocenters. The molecule has 0 radical (unpaired) electrons. The Hall–Kier alpha value is -0.650. The summed E-state index contributed by atoms with van der Waals surface area (Å²) in [5.41, 5.74) is 2.53. The lowest BCUT2D eigenvalue weighted by Gasteiger charge is -2.62. The lowest BCUT2D eigenvalue weighted by Crippen LogP contribution is -2.57. The monoisotopic (exact) mass is 434 g/mol. The molecule has 0 aromatic carbocycles. The Labute approximate surface area is 189 Å². The van der Waals surface area contributed by atoms with Crippen LogP contribution in [0.2, 0.25) is 0 Å². The minimum Gasteiger partial charge on any atom is -0.393 e. The molecule has 5 heteroatoms. The van der Waals surface area contributed by atoms with Crippen LogP contribution in [-0.4, -0.2) is 35.4 Å². The normalized spacial score (nSPS) is 45.3. The second-order valence-electron chi connectivity index (χ2n) is 12.1. The fourth-order valence-electron chi connectivity index (χ4n) is 9.14. The molecule has 4 N–H and O–H groups in total. The van der Waals surface area contributed by atoms with E-state index in [0.29, 0.717) is 41.5 Å². The Morgan fingerprint density at radius 2 is 1.81 bits per heavy atom. The average Bonchev–Trinajstić information content (AvgIpc) is 3.10. The van der Waals surface area contributed by atoms with Crippen LogP contribution in [-0.2, 0) is 4.79 Å². The van der Waals surface area contributed by atoms with Gasteiger partial charge in [-0.15, -0.1) is 0 Å². The van der Waals surface area contributed by atoms with E-state index in [2.05, 4.69) is 26.1 Å². The van der Waals surface area contributed by atoms with E-state index < -0.39 is 0 Å². The zero-order chi connectivity index (χ0) is 22.2. The predicted octanol–water partition coefficient (Wildman–Crippen LogP) is 4.52. The van der Waals surface area contributed by atoms with Gasteiger partial charge in [-0.2, -0.15) is 0 Å². The van der Waals surface area contributed by atoms with Crippen molar-refractivity contribution in [2.75, 3.05) is 13.1 Å². The first kappa shape index (κ1) is 23.5. The summed E-state index contributed by atoms with van der Waals surface area (Å²) >= 11 is 0. The van der Waals surface area contributed by atoms with Gasteiger partial charge in [0.2, 0.25) is 5.91 Å². The second-order valence-corrected chi connectivity index (χ2v) is 12.1. The van der Waals surface area contributed by atoms with Crippen LogP contribution in [0.15, 0.2) is 0 Å². The van der Waals surface area contributed by atoms with Crippen LogP contribution in [0, 0.1) is 46.3 Å². The summed E-state index contributed by atoms with van der Waals surface area (Å²) in [6.07, 6.45) is 13.2. The van der Waals surface area contributed by atoms with Crippen molar-refractivity contribution in [2.24, 2.45) is 46.3 Å². The smallest absolute Gasteiger partial charge is 0.244 e. The van der Waals surface area contributed by atoms with Crippen molar-refractivity contribution in [2.45, 2.75) is 97.5 Å². The van der Waals surface area contributed by atoms with Gasteiger partial charge in [0.05, 0.1) is 6.10 Å². The van der Waals surface area contributed by atoms with Crippen molar-refractivity contribution in [1.29, 1.82) is 0 Å². The quantitative estimate of drug-likeness (QED) is 0.270. The number of hydrogen-bond acceptors (Lipinski definition) is 4. The maximum absolute atomic E-state index is 11.3. The van der Waals surface area contributed by atoms with Crippen LogP contribution in [0.1, 0.15) is 91.4 Å². The molecule has 1 amide bonds. The molecule has 31 heavy (non-hydrogen) atoms. The zero-order valence-electron chi connectivity index (χ0n) is 20.0. The summed E-state index contributed by atoms with van der Waals surface area (Å²) in [7, 11) is 0. The molecular formula is C26H46N2O3. The van der Waals surface area contributed by atoms with Gasteiger partial charge < -0.3 is 10.4 Å². The minimum atomic E-state index is -0.330. The molecule has 4 rings (SSSR count). The van der Waals surface area contributed by atoms with Gasteiger partial charge in [-0.3, -0.25) is 10.0 Å². The van der Waals surface area contributed by atoms with Crippen molar-refractivity contribution in [1.82, 2.24) is 10.8 Å². The summed E-state index contributed by atoms with van der Waals surface area (Å²) in [5, 5.41) is 23.3. The zero-order valence-corrected chi connectivity index (χ0v) is 20.0. The van der Waals surface area contributed by atoms with Crippen LogP contribution < -0.4 is 10.8 Å². The molecule has 4 saturated carbocycles. The van der Waals surface area contributed by atoms with Gasteiger partial charge >= 0.3 is 0 Å². The van der Waals surface area contributed by atoms with Crippen molar-refractivity contribution < 1.29 is 15.1 Å². The largest absolute Gasteiger partial charge is 0.393 e. The first-order valence-corrected chi connectivity index (χ1v) is 13.1.